The van der Waals surface area contributed by atoms with Gasteiger partial charge in [0.05, 0.1) is 17.4 Å². The smallest absolute Gasteiger partial charge is 0.338 e. The highest BCUT2D eigenvalue weighted by atomic mass is 32.2. The van der Waals surface area contributed by atoms with Crippen LogP contribution in [0, 0.1) is 5.82 Å². The van der Waals surface area contributed by atoms with E-state index in [1.807, 2.05) is 0 Å². The molecule has 28 heavy (non-hydrogen) atoms. The van der Waals surface area contributed by atoms with Crippen molar-refractivity contribution < 1.29 is 22.4 Å². The molecule has 1 unspecified atom stereocenters. The molecule has 0 spiro atoms. The van der Waals surface area contributed by atoms with Crippen molar-refractivity contribution in [1.29, 1.82) is 0 Å². The summed E-state index contributed by atoms with van der Waals surface area (Å²) in [4.78, 5) is 14.0. The van der Waals surface area contributed by atoms with Crippen molar-refractivity contribution in [2.75, 3.05) is 12.8 Å². The number of hydrogen-bond acceptors (Lipinski definition) is 4. The zero-order valence-corrected chi connectivity index (χ0v) is 15.8. The number of alkyl halides is 3. The van der Waals surface area contributed by atoms with Crippen LogP contribution in [0.1, 0.15) is 24.1 Å². The van der Waals surface area contributed by atoms with Gasteiger partial charge in [-0.15, -0.1) is 10.2 Å². The fourth-order valence-corrected chi connectivity index (χ4v) is 3.38. The van der Waals surface area contributed by atoms with Gasteiger partial charge < -0.3 is 4.90 Å². The van der Waals surface area contributed by atoms with E-state index in [4.69, 9.17) is 0 Å². The fraction of sp³-hybridized carbons (Fsp3) is 0.278. The number of aromatic nitrogens is 3. The highest BCUT2D eigenvalue weighted by molar-refractivity contribution is 7.99. The standard InChI is InChI=1S/C18H16F4N4OS/c1-11(12-3-6-14(19)7-4-12)25(2)16(27)10-28-17-24-23-15-8-5-13(9-26(15)17)18(20,21)22/h3-9,11H,10H2,1-2H3. The van der Waals surface area contributed by atoms with E-state index in [2.05, 4.69) is 10.2 Å². The maximum Gasteiger partial charge on any atom is 0.417 e. The predicted molar refractivity (Wildman–Crippen MR) is 96.3 cm³/mol. The SMILES string of the molecule is CC(c1ccc(F)cc1)N(C)C(=O)CSc1nnc2ccc(C(F)(F)F)cn12. The molecular formula is C18H16F4N4OS. The number of pyridine rings is 1. The Balaban J connectivity index is 1.71. The Kier molecular flexibility index (Phi) is 5.59. The third kappa shape index (κ3) is 4.27. The first-order valence-corrected chi connectivity index (χ1v) is 9.21. The number of amides is 1. The summed E-state index contributed by atoms with van der Waals surface area (Å²) in [6, 6.07) is 7.70. The lowest BCUT2D eigenvalue weighted by Gasteiger charge is -2.25. The van der Waals surface area contributed by atoms with Crippen LogP contribution in [0.5, 0.6) is 0 Å². The number of benzene rings is 1. The van der Waals surface area contributed by atoms with Crippen LogP contribution in [0.3, 0.4) is 0 Å². The first kappa shape index (κ1) is 20.1. The van der Waals surface area contributed by atoms with Crippen molar-refractivity contribution in [3.63, 3.8) is 0 Å². The molecule has 148 valence electrons. The van der Waals surface area contributed by atoms with Crippen molar-refractivity contribution in [2.45, 2.75) is 24.3 Å². The highest BCUT2D eigenvalue weighted by Crippen LogP contribution is 2.30. The molecule has 5 nitrogen and oxygen atoms in total. The van der Waals surface area contributed by atoms with Crippen LogP contribution in [0.25, 0.3) is 5.65 Å². The molecule has 0 N–H and O–H groups in total. The molecule has 1 amide bonds. The van der Waals surface area contributed by atoms with Gasteiger partial charge in [0, 0.05) is 13.2 Å². The number of rotatable bonds is 5. The van der Waals surface area contributed by atoms with E-state index in [9.17, 15) is 22.4 Å². The minimum absolute atomic E-state index is 0.0287. The van der Waals surface area contributed by atoms with Gasteiger partial charge in [-0.05, 0) is 36.8 Å². The molecule has 3 aromatic rings. The summed E-state index contributed by atoms with van der Waals surface area (Å²) in [5, 5.41) is 7.87. The quantitative estimate of drug-likeness (QED) is 0.466. The van der Waals surface area contributed by atoms with E-state index in [0.29, 0.717) is 0 Å². The molecule has 3 rings (SSSR count). The maximum atomic E-state index is 13.0. The van der Waals surface area contributed by atoms with Gasteiger partial charge in [-0.3, -0.25) is 9.20 Å². The summed E-state index contributed by atoms with van der Waals surface area (Å²) in [7, 11) is 1.61. The Labute approximate surface area is 162 Å². The van der Waals surface area contributed by atoms with E-state index in [1.165, 1.54) is 27.5 Å². The molecule has 0 aliphatic rings. The van der Waals surface area contributed by atoms with Crippen LogP contribution in [0.4, 0.5) is 17.6 Å². The molecule has 0 saturated carbocycles. The van der Waals surface area contributed by atoms with Gasteiger partial charge >= 0.3 is 6.18 Å². The maximum absolute atomic E-state index is 13.0. The van der Waals surface area contributed by atoms with Gasteiger partial charge in [-0.25, -0.2) is 4.39 Å². The Morgan fingerprint density at radius 2 is 1.86 bits per heavy atom. The van der Waals surface area contributed by atoms with Crippen LogP contribution < -0.4 is 0 Å². The number of thioether (sulfide) groups is 1. The van der Waals surface area contributed by atoms with Crippen LogP contribution >= 0.6 is 11.8 Å². The molecule has 0 bridgehead atoms. The molecule has 0 aliphatic carbocycles. The Morgan fingerprint density at radius 3 is 2.50 bits per heavy atom. The first-order valence-electron chi connectivity index (χ1n) is 8.22. The molecule has 2 aromatic heterocycles. The first-order chi connectivity index (χ1) is 13.2. The van der Waals surface area contributed by atoms with Crippen LogP contribution in [-0.4, -0.2) is 38.2 Å². The second kappa shape index (κ2) is 7.78. The fourth-order valence-electron chi connectivity index (χ4n) is 2.54. The monoisotopic (exact) mass is 412 g/mol. The summed E-state index contributed by atoms with van der Waals surface area (Å²) in [6.07, 6.45) is -3.58. The Morgan fingerprint density at radius 1 is 1.18 bits per heavy atom. The van der Waals surface area contributed by atoms with Gasteiger partial charge in [0.1, 0.15) is 5.82 Å². The molecule has 10 heteroatoms. The topological polar surface area (TPSA) is 50.5 Å². The third-order valence-electron chi connectivity index (χ3n) is 4.35. The van der Waals surface area contributed by atoms with Crippen molar-refractivity contribution >= 4 is 23.3 Å². The number of carbonyl (C=O) groups excluding carboxylic acids is 1. The molecule has 0 saturated heterocycles. The zero-order chi connectivity index (χ0) is 20.5. The van der Waals surface area contributed by atoms with Crippen LogP contribution in [0.2, 0.25) is 0 Å². The van der Waals surface area contributed by atoms with Gasteiger partial charge in [-0.2, -0.15) is 13.2 Å². The van der Waals surface area contributed by atoms with Crippen molar-refractivity contribution in [3.05, 3.63) is 59.5 Å². The number of fused-ring (bicyclic) bond motifs is 1. The van der Waals surface area contributed by atoms with E-state index in [1.54, 1.807) is 26.1 Å². The molecule has 0 aliphatic heterocycles. The zero-order valence-electron chi connectivity index (χ0n) is 14.9. The number of hydrogen-bond donors (Lipinski definition) is 0. The average molecular weight is 412 g/mol. The number of halogens is 4. The second-order valence-electron chi connectivity index (χ2n) is 6.15. The normalized spacial score (nSPS) is 12.9. The highest BCUT2D eigenvalue weighted by Gasteiger charge is 2.31. The third-order valence-corrected chi connectivity index (χ3v) is 5.28. The lowest BCUT2D eigenvalue weighted by Crippen LogP contribution is -2.31. The van der Waals surface area contributed by atoms with Gasteiger partial charge in [0.25, 0.3) is 0 Å². The van der Waals surface area contributed by atoms with Gasteiger partial charge in [0.15, 0.2) is 10.8 Å². The predicted octanol–water partition coefficient (Wildman–Crippen LogP) is 4.20. The second-order valence-corrected chi connectivity index (χ2v) is 7.09. The molecule has 0 fully saturated rings. The molecule has 1 aromatic carbocycles. The lowest BCUT2D eigenvalue weighted by atomic mass is 10.1. The summed E-state index contributed by atoms with van der Waals surface area (Å²) >= 11 is 0.998. The van der Waals surface area contributed by atoms with Crippen molar-refractivity contribution in [3.8, 4) is 0 Å². The largest absolute Gasteiger partial charge is 0.417 e. The average Bonchev–Trinajstić information content (AvgIpc) is 3.07. The molecular weight excluding hydrogens is 396 g/mol. The molecule has 1 atom stereocenters. The Bertz CT molecular complexity index is 987. The van der Waals surface area contributed by atoms with E-state index in [0.717, 1.165) is 29.6 Å². The summed E-state index contributed by atoms with van der Waals surface area (Å²) in [5.74, 6) is -0.637. The summed E-state index contributed by atoms with van der Waals surface area (Å²) < 4.78 is 53.0. The summed E-state index contributed by atoms with van der Waals surface area (Å²) in [6.45, 7) is 1.80. The Hall–Kier alpha value is -2.62. The minimum Gasteiger partial charge on any atom is -0.338 e. The van der Waals surface area contributed by atoms with Crippen LogP contribution in [-0.2, 0) is 11.0 Å². The van der Waals surface area contributed by atoms with Crippen molar-refractivity contribution in [2.24, 2.45) is 0 Å². The van der Waals surface area contributed by atoms with Crippen LogP contribution in [0.15, 0.2) is 47.8 Å². The molecule has 2 heterocycles. The summed E-state index contributed by atoms with van der Waals surface area (Å²) in [5.41, 5.74) is 0.205. The van der Waals surface area contributed by atoms with E-state index >= 15 is 0 Å². The van der Waals surface area contributed by atoms with Crippen molar-refractivity contribution in [1.82, 2.24) is 19.5 Å². The number of nitrogens with zero attached hydrogens (tertiary/aromatic N) is 4. The molecule has 0 radical (unpaired) electrons. The number of carbonyl (C=O) groups is 1. The van der Waals surface area contributed by atoms with E-state index in [-0.39, 0.29) is 34.3 Å². The van der Waals surface area contributed by atoms with Gasteiger partial charge in [0.2, 0.25) is 5.91 Å². The van der Waals surface area contributed by atoms with E-state index < -0.39 is 11.7 Å². The lowest BCUT2D eigenvalue weighted by molar-refractivity contribution is -0.138. The minimum atomic E-state index is -4.49. The van der Waals surface area contributed by atoms with Gasteiger partial charge in [-0.1, -0.05) is 23.9 Å².